The Morgan fingerprint density at radius 3 is 2.71 bits per heavy atom. The smallest absolute Gasteiger partial charge is 0.150 e. The summed E-state index contributed by atoms with van der Waals surface area (Å²) in [4.78, 5) is 0. The van der Waals surface area contributed by atoms with Gasteiger partial charge in [-0.05, 0) is 63.8 Å². The quantitative estimate of drug-likeness (QED) is 0.764. The molecule has 0 amide bonds. The average molecular weight is 314 g/mol. The van der Waals surface area contributed by atoms with Gasteiger partial charge in [0.1, 0.15) is 9.84 Å². The largest absolute Gasteiger partial charge is 0.314 e. The predicted molar refractivity (Wildman–Crippen MR) is 89.2 cm³/mol. The molecule has 2 aliphatic carbocycles. The van der Waals surface area contributed by atoms with E-state index in [1.807, 2.05) is 0 Å². The number of sulfone groups is 1. The van der Waals surface area contributed by atoms with Gasteiger partial charge in [0, 0.05) is 12.3 Å². The standard InChI is InChI=1S/C17H31NO2S/c1-3-18-17(12-14-8-5-4-6-9-14)15-10-7-11-16(13-15)21(2,19)20/h8,15-18H,3-7,9-13H2,1-2H3. The number of rotatable bonds is 6. The highest BCUT2D eigenvalue weighted by molar-refractivity contribution is 7.91. The van der Waals surface area contributed by atoms with Crippen LogP contribution in [0.3, 0.4) is 0 Å². The van der Waals surface area contributed by atoms with Crippen molar-refractivity contribution >= 4 is 9.84 Å². The monoisotopic (exact) mass is 313 g/mol. The lowest BCUT2D eigenvalue weighted by molar-refractivity contribution is 0.268. The molecular formula is C17H31NO2S. The SMILES string of the molecule is CCNC(CC1=CCCCC1)C1CCCC(S(C)(=O)=O)C1. The van der Waals surface area contributed by atoms with Crippen LogP contribution in [-0.4, -0.2) is 32.5 Å². The van der Waals surface area contributed by atoms with Crippen molar-refractivity contribution < 1.29 is 8.42 Å². The van der Waals surface area contributed by atoms with Crippen LogP contribution in [0.2, 0.25) is 0 Å². The average Bonchev–Trinajstić information content (AvgIpc) is 2.47. The zero-order chi connectivity index (χ0) is 15.3. The number of hydrogen-bond donors (Lipinski definition) is 1. The van der Waals surface area contributed by atoms with Gasteiger partial charge in [0.25, 0.3) is 0 Å². The molecule has 0 aromatic carbocycles. The Bertz CT molecular complexity index is 455. The van der Waals surface area contributed by atoms with Gasteiger partial charge in [-0.15, -0.1) is 0 Å². The molecule has 0 aromatic rings. The minimum atomic E-state index is -2.88. The topological polar surface area (TPSA) is 46.2 Å². The van der Waals surface area contributed by atoms with Gasteiger partial charge in [-0.1, -0.05) is 25.0 Å². The molecule has 0 aliphatic heterocycles. The number of hydrogen-bond acceptors (Lipinski definition) is 3. The Labute approximate surface area is 130 Å². The molecule has 1 saturated carbocycles. The molecule has 0 bridgehead atoms. The van der Waals surface area contributed by atoms with E-state index in [1.54, 1.807) is 5.57 Å². The van der Waals surface area contributed by atoms with Crippen molar-refractivity contribution in [3.8, 4) is 0 Å². The molecule has 1 N–H and O–H groups in total. The Morgan fingerprint density at radius 1 is 1.29 bits per heavy atom. The first-order valence-electron chi connectivity index (χ1n) is 8.61. The Balaban J connectivity index is 2.01. The summed E-state index contributed by atoms with van der Waals surface area (Å²) >= 11 is 0. The van der Waals surface area contributed by atoms with E-state index in [0.29, 0.717) is 12.0 Å². The fraction of sp³-hybridized carbons (Fsp3) is 0.882. The zero-order valence-electron chi connectivity index (χ0n) is 13.6. The summed E-state index contributed by atoms with van der Waals surface area (Å²) in [5.74, 6) is 0.515. The Morgan fingerprint density at radius 2 is 2.10 bits per heavy atom. The minimum Gasteiger partial charge on any atom is -0.314 e. The highest BCUT2D eigenvalue weighted by Crippen LogP contribution is 2.33. The molecule has 122 valence electrons. The van der Waals surface area contributed by atoms with Crippen molar-refractivity contribution in [2.75, 3.05) is 12.8 Å². The third-order valence-corrected chi connectivity index (χ3v) is 6.81. The molecule has 0 saturated heterocycles. The summed E-state index contributed by atoms with van der Waals surface area (Å²) in [5.41, 5.74) is 1.59. The first-order valence-corrected chi connectivity index (χ1v) is 10.6. The van der Waals surface area contributed by atoms with Gasteiger partial charge in [-0.2, -0.15) is 0 Å². The van der Waals surface area contributed by atoms with Crippen molar-refractivity contribution in [2.24, 2.45) is 5.92 Å². The summed E-state index contributed by atoms with van der Waals surface area (Å²) in [5, 5.41) is 3.52. The van der Waals surface area contributed by atoms with E-state index in [9.17, 15) is 8.42 Å². The van der Waals surface area contributed by atoms with Crippen LogP contribution in [0.1, 0.15) is 64.7 Å². The van der Waals surface area contributed by atoms with Crippen LogP contribution in [0.15, 0.2) is 11.6 Å². The van der Waals surface area contributed by atoms with Crippen molar-refractivity contribution in [2.45, 2.75) is 76.0 Å². The highest BCUT2D eigenvalue weighted by Gasteiger charge is 2.33. The normalized spacial score (nSPS) is 29.0. The second kappa shape index (κ2) is 7.77. The molecule has 2 rings (SSSR count). The molecule has 3 atom stereocenters. The van der Waals surface area contributed by atoms with E-state index in [1.165, 1.54) is 38.4 Å². The molecule has 0 spiro atoms. The van der Waals surface area contributed by atoms with Crippen LogP contribution >= 0.6 is 0 Å². The molecule has 0 heterocycles. The fourth-order valence-corrected chi connectivity index (χ4v) is 5.17. The van der Waals surface area contributed by atoms with Gasteiger partial charge in [0.05, 0.1) is 5.25 Å². The van der Waals surface area contributed by atoms with E-state index in [-0.39, 0.29) is 5.25 Å². The lowest BCUT2D eigenvalue weighted by Gasteiger charge is -2.35. The van der Waals surface area contributed by atoms with Crippen LogP contribution in [-0.2, 0) is 9.84 Å². The first kappa shape index (κ1) is 17.0. The van der Waals surface area contributed by atoms with E-state index in [4.69, 9.17) is 0 Å². The van der Waals surface area contributed by atoms with Crippen molar-refractivity contribution in [3.63, 3.8) is 0 Å². The molecule has 21 heavy (non-hydrogen) atoms. The van der Waals surface area contributed by atoms with Gasteiger partial charge in [0.15, 0.2) is 0 Å². The summed E-state index contributed by atoms with van der Waals surface area (Å²) in [6.07, 6.45) is 14.0. The van der Waals surface area contributed by atoms with Crippen LogP contribution in [0, 0.1) is 5.92 Å². The van der Waals surface area contributed by atoms with Gasteiger partial charge < -0.3 is 5.32 Å². The molecule has 1 fully saturated rings. The predicted octanol–water partition coefficient (Wildman–Crippen LogP) is 3.46. The summed E-state index contributed by atoms with van der Waals surface area (Å²) < 4.78 is 23.7. The molecule has 4 heteroatoms. The molecule has 0 radical (unpaired) electrons. The van der Waals surface area contributed by atoms with Crippen LogP contribution in [0.4, 0.5) is 0 Å². The van der Waals surface area contributed by atoms with Gasteiger partial charge in [-0.25, -0.2) is 8.42 Å². The maximum Gasteiger partial charge on any atom is 0.150 e. The van der Waals surface area contributed by atoms with Gasteiger partial charge in [-0.3, -0.25) is 0 Å². The number of allylic oxidation sites excluding steroid dienone is 1. The molecule has 3 unspecified atom stereocenters. The van der Waals surface area contributed by atoms with Crippen LogP contribution in [0.5, 0.6) is 0 Å². The number of nitrogens with one attached hydrogen (secondary N) is 1. The first-order chi connectivity index (χ1) is 10.0. The van der Waals surface area contributed by atoms with Crippen molar-refractivity contribution in [3.05, 3.63) is 11.6 Å². The summed E-state index contributed by atoms with van der Waals surface area (Å²) in [7, 11) is -2.88. The Hall–Kier alpha value is -0.350. The molecule has 0 aromatic heterocycles. The minimum absolute atomic E-state index is 0.113. The fourth-order valence-electron chi connectivity index (χ4n) is 3.98. The Kier molecular flexibility index (Phi) is 6.30. The van der Waals surface area contributed by atoms with Crippen LogP contribution < -0.4 is 5.32 Å². The molecular weight excluding hydrogens is 282 g/mol. The lowest BCUT2D eigenvalue weighted by atomic mass is 9.80. The van der Waals surface area contributed by atoms with Crippen molar-refractivity contribution in [1.29, 1.82) is 0 Å². The maximum absolute atomic E-state index is 11.9. The molecule has 2 aliphatic rings. The second-order valence-electron chi connectivity index (χ2n) is 6.85. The van der Waals surface area contributed by atoms with Gasteiger partial charge >= 0.3 is 0 Å². The van der Waals surface area contributed by atoms with E-state index in [0.717, 1.165) is 32.2 Å². The van der Waals surface area contributed by atoms with E-state index in [2.05, 4.69) is 18.3 Å². The summed E-state index contributed by atoms with van der Waals surface area (Å²) in [6, 6.07) is 0.462. The van der Waals surface area contributed by atoms with Crippen LogP contribution in [0.25, 0.3) is 0 Å². The third kappa shape index (κ3) is 5.10. The third-order valence-electron chi connectivity index (χ3n) is 5.17. The molecule has 3 nitrogen and oxygen atoms in total. The van der Waals surface area contributed by atoms with Crippen molar-refractivity contribution in [1.82, 2.24) is 5.32 Å². The zero-order valence-corrected chi connectivity index (χ0v) is 14.4. The second-order valence-corrected chi connectivity index (χ2v) is 9.18. The van der Waals surface area contributed by atoms with Gasteiger partial charge in [0.2, 0.25) is 0 Å². The highest BCUT2D eigenvalue weighted by atomic mass is 32.2. The maximum atomic E-state index is 11.9. The lowest BCUT2D eigenvalue weighted by Crippen LogP contribution is -2.41. The van der Waals surface area contributed by atoms with E-state index < -0.39 is 9.84 Å². The summed E-state index contributed by atoms with van der Waals surface area (Å²) in [6.45, 7) is 3.12. The van der Waals surface area contributed by atoms with E-state index >= 15 is 0 Å².